The van der Waals surface area contributed by atoms with Gasteiger partial charge in [-0.2, -0.15) is 4.98 Å². The third kappa shape index (κ3) is 8.50. The lowest BCUT2D eigenvalue weighted by Crippen LogP contribution is -2.46. The minimum Gasteiger partial charge on any atom is -0.470 e. The van der Waals surface area contributed by atoms with Crippen LogP contribution in [0.15, 0.2) is 53.4 Å². The Morgan fingerprint density at radius 2 is 1.67 bits per heavy atom. The van der Waals surface area contributed by atoms with Crippen molar-refractivity contribution in [2.75, 3.05) is 24.4 Å². The van der Waals surface area contributed by atoms with Gasteiger partial charge in [-0.05, 0) is 76.3 Å². The molecule has 0 radical (unpaired) electrons. The predicted molar refractivity (Wildman–Crippen MR) is 173 cm³/mol. The minimum atomic E-state index is -4.03. The van der Waals surface area contributed by atoms with Crippen LogP contribution in [0, 0.1) is 26.7 Å². The van der Waals surface area contributed by atoms with Crippen molar-refractivity contribution >= 4 is 28.5 Å². The molecule has 0 spiro atoms. The van der Waals surface area contributed by atoms with E-state index in [1.54, 1.807) is 48.8 Å². The van der Waals surface area contributed by atoms with Crippen molar-refractivity contribution in [1.29, 1.82) is 0 Å². The number of nitrogens with one attached hydrogen (secondary N) is 1. The van der Waals surface area contributed by atoms with Crippen LogP contribution in [-0.2, 0) is 19.6 Å². The summed E-state index contributed by atoms with van der Waals surface area (Å²) < 4.78 is 41.3. The first-order valence-corrected chi connectivity index (χ1v) is 16.5. The lowest BCUT2D eigenvalue weighted by molar-refractivity contribution is -0.121. The molecule has 0 unspecified atom stereocenters. The molecule has 45 heavy (non-hydrogen) atoms. The first kappa shape index (κ1) is 33.7. The molecule has 0 saturated carbocycles. The van der Waals surface area contributed by atoms with Gasteiger partial charge < -0.3 is 19.3 Å². The van der Waals surface area contributed by atoms with E-state index in [1.807, 2.05) is 58.9 Å². The number of benzene rings is 2. The standard InChI is InChI=1S/C33H43N5O6S/c1-21(2)28-19-37(32(40)44-33(6,7)8)17-25(18-38(28)20-39)43-29-16-27(30-23(4)12-10-13-24(30)5)34-31(35-29)36-45(41,42)26-14-9-11-22(3)15-26/h9-16,20-21,25,28H,17-19H2,1-8H3,(H,34,35,36)/t25-,28-/m1/s1. The Labute approximate surface area is 266 Å². The molecule has 11 nitrogen and oxygen atoms in total. The van der Waals surface area contributed by atoms with Gasteiger partial charge in [-0.1, -0.05) is 44.2 Å². The molecular weight excluding hydrogens is 594 g/mol. The molecule has 2 heterocycles. The highest BCUT2D eigenvalue weighted by Gasteiger charge is 2.36. The number of nitrogens with zero attached hydrogens (tertiary/aromatic N) is 4. The van der Waals surface area contributed by atoms with E-state index in [2.05, 4.69) is 14.7 Å². The van der Waals surface area contributed by atoms with E-state index in [-0.39, 0.29) is 48.3 Å². The maximum Gasteiger partial charge on any atom is 0.410 e. The summed E-state index contributed by atoms with van der Waals surface area (Å²) in [6.07, 6.45) is -0.447. The Hall–Kier alpha value is -4.19. The van der Waals surface area contributed by atoms with Gasteiger partial charge in [-0.25, -0.2) is 22.9 Å². The van der Waals surface area contributed by atoms with Gasteiger partial charge in [0.25, 0.3) is 10.0 Å². The second kappa shape index (κ2) is 13.4. The SMILES string of the molecule is Cc1cccc(S(=O)(=O)Nc2nc(O[C@@H]3CN(C(=O)OC(C)(C)C)C[C@H](C(C)C)N(C=O)C3)cc(-c3c(C)cccc3C)n2)c1. The Balaban J connectivity index is 1.76. The fraction of sp³-hybridized carbons (Fsp3) is 0.455. The lowest BCUT2D eigenvalue weighted by Gasteiger charge is -2.32. The molecule has 1 aliphatic heterocycles. The third-order valence-corrected chi connectivity index (χ3v) is 8.81. The molecule has 2 atom stereocenters. The Morgan fingerprint density at radius 3 is 2.27 bits per heavy atom. The first-order valence-electron chi connectivity index (χ1n) is 15.0. The van der Waals surface area contributed by atoms with Gasteiger partial charge in [0.2, 0.25) is 18.2 Å². The minimum absolute atomic E-state index is 0.0520. The number of anilines is 1. The second-order valence-corrected chi connectivity index (χ2v) is 14.5. The van der Waals surface area contributed by atoms with Crippen molar-refractivity contribution < 1.29 is 27.5 Å². The van der Waals surface area contributed by atoms with Crippen molar-refractivity contribution in [3.8, 4) is 17.1 Å². The highest BCUT2D eigenvalue weighted by Crippen LogP contribution is 2.30. The van der Waals surface area contributed by atoms with Gasteiger partial charge in [-0.3, -0.25) is 4.79 Å². The molecule has 12 heteroatoms. The van der Waals surface area contributed by atoms with Crippen LogP contribution in [0.1, 0.15) is 51.3 Å². The van der Waals surface area contributed by atoms with Gasteiger partial charge in [-0.15, -0.1) is 0 Å². The average molecular weight is 638 g/mol. The number of hydrogen-bond acceptors (Lipinski definition) is 8. The Morgan fingerprint density at radius 1 is 1.00 bits per heavy atom. The van der Waals surface area contributed by atoms with Gasteiger partial charge in [0, 0.05) is 18.2 Å². The maximum atomic E-state index is 13.4. The summed E-state index contributed by atoms with van der Waals surface area (Å²) in [6.45, 7) is 15.6. The number of amides is 2. The van der Waals surface area contributed by atoms with Crippen LogP contribution in [0.25, 0.3) is 11.3 Å². The molecule has 0 aliphatic carbocycles. The fourth-order valence-corrected chi connectivity index (χ4v) is 6.40. The van der Waals surface area contributed by atoms with E-state index in [4.69, 9.17) is 9.47 Å². The van der Waals surface area contributed by atoms with Crippen molar-refractivity contribution in [2.45, 2.75) is 78.0 Å². The normalized spacial score (nSPS) is 17.5. The lowest BCUT2D eigenvalue weighted by atomic mass is 10.00. The van der Waals surface area contributed by atoms with Crippen LogP contribution in [0.2, 0.25) is 0 Å². The molecule has 2 aromatic carbocycles. The number of hydrogen-bond donors (Lipinski definition) is 1. The highest BCUT2D eigenvalue weighted by atomic mass is 32.2. The summed E-state index contributed by atoms with van der Waals surface area (Å²) in [5.41, 5.74) is 3.21. The zero-order valence-corrected chi connectivity index (χ0v) is 28.0. The summed E-state index contributed by atoms with van der Waals surface area (Å²) in [5, 5.41) is 0. The maximum absolute atomic E-state index is 13.4. The zero-order valence-electron chi connectivity index (χ0n) is 27.2. The number of carbonyl (C=O) groups is 2. The monoisotopic (exact) mass is 637 g/mol. The Bertz CT molecular complexity index is 1630. The predicted octanol–water partition coefficient (Wildman–Crippen LogP) is 5.35. The summed E-state index contributed by atoms with van der Waals surface area (Å²) in [6, 6.07) is 13.7. The number of aromatic nitrogens is 2. The van der Waals surface area contributed by atoms with E-state index < -0.39 is 27.8 Å². The van der Waals surface area contributed by atoms with Crippen LogP contribution in [0.5, 0.6) is 5.88 Å². The molecule has 1 aliphatic rings. The smallest absolute Gasteiger partial charge is 0.410 e. The van der Waals surface area contributed by atoms with Crippen LogP contribution in [0.3, 0.4) is 0 Å². The molecule has 1 saturated heterocycles. The second-order valence-electron chi connectivity index (χ2n) is 12.8. The van der Waals surface area contributed by atoms with Crippen LogP contribution in [-0.4, -0.2) is 78.1 Å². The number of rotatable bonds is 8. The largest absolute Gasteiger partial charge is 0.470 e. The van der Waals surface area contributed by atoms with Crippen LogP contribution < -0.4 is 9.46 Å². The van der Waals surface area contributed by atoms with Gasteiger partial charge in [0.05, 0.1) is 29.7 Å². The van der Waals surface area contributed by atoms with Gasteiger partial charge >= 0.3 is 6.09 Å². The molecule has 2 amide bonds. The summed E-state index contributed by atoms with van der Waals surface area (Å²) in [7, 11) is -4.03. The van der Waals surface area contributed by atoms with E-state index in [1.165, 1.54) is 6.07 Å². The first-order chi connectivity index (χ1) is 21.1. The van der Waals surface area contributed by atoms with E-state index >= 15 is 0 Å². The third-order valence-electron chi connectivity index (χ3n) is 7.48. The van der Waals surface area contributed by atoms with E-state index in [0.29, 0.717) is 5.69 Å². The van der Waals surface area contributed by atoms with Gasteiger partial charge in [0.15, 0.2) is 0 Å². The summed E-state index contributed by atoms with van der Waals surface area (Å²) >= 11 is 0. The van der Waals surface area contributed by atoms with Crippen molar-refractivity contribution in [3.05, 3.63) is 65.2 Å². The molecular formula is C33H43N5O6S. The molecule has 1 N–H and O–H groups in total. The molecule has 4 rings (SSSR count). The van der Waals surface area contributed by atoms with Gasteiger partial charge in [0.1, 0.15) is 11.7 Å². The zero-order chi connectivity index (χ0) is 33.1. The van der Waals surface area contributed by atoms with Crippen molar-refractivity contribution in [1.82, 2.24) is 19.8 Å². The molecule has 0 bridgehead atoms. The average Bonchev–Trinajstić information content (AvgIpc) is 3.11. The summed E-state index contributed by atoms with van der Waals surface area (Å²) in [4.78, 5) is 37.8. The molecule has 1 fully saturated rings. The van der Waals surface area contributed by atoms with E-state index in [9.17, 15) is 18.0 Å². The Kier molecular flexibility index (Phi) is 10.1. The number of aryl methyl sites for hydroxylation is 3. The number of sulfonamides is 1. The highest BCUT2D eigenvalue weighted by molar-refractivity contribution is 7.92. The van der Waals surface area contributed by atoms with Crippen LogP contribution >= 0.6 is 0 Å². The topological polar surface area (TPSA) is 131 Å². The quantitative estimate of drug-likeness (QED) is 0.327. The van der Waals surface area contributed by atoms with Crippen LogP contribution in [0.4, 0.5) is 10.7 Å². The molecule has 1 aromatic heterocycles. The molecule has 242 valence electrons. The number of carbonyl (C=O) groups excluding carboxylic acids is 2. The number of ether oxygens (including phenoxy) is 2. The van der Waals surface area contributed by atoms with Crippen molar-refractivity contribution in [3.63, 3.8) is 0 Å². The summed E-state index contributed by atoms with van der Waals surface area (Å²) in [5.74, 6) is -0.0274. The molecule has 3 aromatic rings. The fourth-order valence-electron chi connectivity index (χ4n) is 5.35. The van der Waals surface area contributed by atoms with Crippen molar-refractivity contribution in [2.24, 2.45) is 5.92 Å². The van der Waals surface area contributed by atoms with E-state index in [0.717, 1.165) is 28.7 Å².